The first kappa shape index (κ1) is 93.0. The van der Waals surface area contributed by atoms with Crippen molar-refractivity contribution in [3.05, 3.63) is 0 Å². The van der Waals surface area contributed by atoms with Gasteiger partial charge in [0, 0.05) is 31.2 Å². The monoisotopic (exact) mass is 712 g/mol. The molecule has 0 spiro atoms. The van der Waals surface area contributed by atoms with E-state index in [-0.39, 0.29) is 127 Å². The summed E-state index contributed by atoms with van der Waals surface area (Å²) in [5.74, 6) is 0. The molecule has 2 radical (unpaired) electrons. The van der Waals surface area contributed by atoms with Crippen molar-refractivity contribution in [2.75, 3.05) is 0 Å². The summed E-state index contributed by atoms with van der Waals surface area (Å²) in [6.45, 7) is 0. The van der Waals surface area contributed by atoms with E-state index in [1.165, 1.54) is 0 Å². The second-order valence-corrected chi connectivity index (χ2v) is 3.67. The fraction of sp³-hybridized carbons (Fsp3) is 0. The quantitative estimate of drug-likeness (QED) is 0.167. The molecule has 0 rings (SSSR count). The third kappa shape index (κ3) is 3610. The van der Waals surface area contributed by atoms with Gasteiger partial charge in [-0.25, -0.2) is 0 Å². The van der Waals surface area contributed by atoms with E-state index in [9.17, 15) is 0 Å². The molecule has 25 heteroatoms. The van der Waals surface area contributed by atoms with E-state index in [0.29, 0.717) is 0 Å². The Morgan fingerprint density at radius 1 is 0.320 bits per heavy atom. The van der Waals surface area contributed by atoms with Gasteiger partial charge in [0.15, 0.2) is 0 Å². The van der Waals surface area contributed by atoms with E-state index in [4.69, 9.17) is 52.6 Å². The third-order valence-electron chi connectivity index (χ3n) is 0. The summed E-state index contributed by atoms with van der Waals surface area (Å²) in [5.41, 5.74) is 0. The van der Waals surface area contributed by atoms with E-state index < -0.39 is 31.2 Å². The largest absolute Gasteiger partial charge is 3.00 e. The molecular formula is H16Ce2O20S3. The van der Waals surface area contributed by atoms with Gasteiger partial charge in [-0.15, -0.1) is 0 Å². The van der Waals surface area contributed by atoms with E-state index in [1.54, 1.807) is 0 Å². The SMILES string of the molecule is O.O.O.O.O.O.O.O.O=S(=O)([O-])[O-].O=S(=O)([O-])[O-].O=S(=O)([O-])[O-].[Ce+3].[Ce+3]. The Bertz CT molecular complexity index is 344. The smallest absolute Gasteiger partial charge is 0.759 e. The Labute approximate surface area is 208 Å². The van der Waals surface area contributed by atoms with Crippen LogP contribution in [0.4, 0.5) is 0 Å². The number of hydrogen-bond donors (Lipinski definition) is 0. The summed E-state index contributed by atoms with van der Waals surface area (Å²) in [7, 11) is -15.5. The first-order chi connectivity index (χ1) is 6.00. The van der Waals surface area contributed by atoms with Crippen molar-refractivity contribution in [1.82, 2.24) is 0 Å². The first-order valence-corrected chi connectivity index (χ1v) is 6.00. The van der Waals surface area contributed by atoms with Crippen molar-refractivity contribution in [2.24, 2.45) is 0 Å². The molecule has 0 aliphatic heterocycles. The minimum absolute atomic E-state index is 0. The van der Waals surface area contributed by atoms with Gasteiger partial charge in [0.05, 0.1) is 0 Å². The molecule has 162 valence electrons. The molecule has 0 saturated heterocycles. The molecular weight excluding hydrogens is 696 g/mol. The van der Waals surface area contributed by atoms with Gasteiger partial charge in [0.1, 0.15) is 0 Å². The van der Waals surface area contributed by atoms with Gasteiger partial charge in [0.2, 0.25) is 0 Å². The van der Waals surface area contributed by atoms with E-state index >= 15 is 0 Å². The van der Waals surface area contributed by atoms with Crippen LogP contribution in [-0.4, -0.2) is 96.4 Å². The van der Waals surface area contributed by atoms with Crippen molar-refractivity contribution in [3.8, 4) is 0 Å². The van der Waals surface area contributed by atoms with Crippen molar-refractivity contribution in [1.29, 1.82) is 0 Å². The summed E-state index contributed by atoms with van der Waals surface area (Å²) in [6.07, 6.45) is 0. The zero-order valence-corrected chi connectivity index (χ0v) is 19.9. The standard InChI is InChI=1S/2Ce.3H2O4S.8H2O/c;;3*1-5(2,3)4;;;;;;;;/h;;3*(H2,1,2,3,4);8*1H2/q2*+3;;;;;;;;;;;/p-6. The molecule has 0 unspecified atom stereocenters. The Balaban J connectivity index is -0.00000000655. The van der Waals surface area contributed by atoms with Gasteiger partial charge in [-0.2, -0.15) is 0 Å². The second-order valence-electron chi connectivity index (χ2n) is 1.22. The molecule has 0 aromatic heterocycles. The molecule has 0 fully saturated rings. The molecule has 0 saturated carbocycles. The van der Waals surface area contributed by atoms with Crippen molar-refractivity contribution >= 4 is 31.2 Å². The van der Waals surface area contributed by atoms with Crippen LogP contribution in [0.5, 0.6) is 0 Å². The Hall–Kier alpha value is 2.04. The van der Waals surface area contributed by atoms with Crippen molar-refractivity contribution < 1.29 is 180 Å². The second kappa shape index (κ2) is 40.7. The van der Waals surface area contributed by atoms with Crippen LogP contribution in [0.1, 0.15) is 0 Å². The zero-order valence-electron chi connectivity index (χ0n) is 11.1. The number of rotatable bonds is 0. The minimum Gasteiger partial charge on any atom is -0.759 e. The van der Waals surface area contributed by atoms with Gasteiger partial charge in [-0.3, -0.25) is 25.3 Å². The van der Waals surface area contributed by atoms with Crippen LogP contribution in [0.25, 0.3) is 0 Å². The molecule has 0 bridgehead atoms. The van der Waals surface area contributed by atoms with Crippen LogP contribution >= 0.6 is 0 Å². The Morgan fingerprint density at radius 2 is 0.320 bits per heavy atom. The molecule has 25 heavy (non-hydrogen) atoms. The normalized spacial score (nSPS) is 6.96. The summed E-state index contributed by atoms with van der Waals surface area (Å²) >= 11 is 0. The summed E-state index contributed by atoms with van der Waals surface area (Å²) in [5, 5.41) is 0. The average Bonchev–Trinajstić information content (AvgIpc) is 1.41. The number of hydrogen-bond acceptors (Lipinski definition) is 12. The van der Waals surface area contributed by atoms with Crippen LogP contribution in [0, 0.1) is 83.5 Å². The van der Waals surface area contributed by atoms with Crippen molar-refractivity contribution in [2.45, 2.75) is 0 Å². The summed E-state index contributed by atoms with van der Waals surface area (Å²) in [4.78, 5) is 0. The van der Waals surface area contributed by atoms with E-state index in [0.717, 1.165) is 0 Å². The summed E-state index contributed by atoms with van der Waals surface area (Å²) < 4.78 is 102. The van der Waals surface area contributed by atoms with Crippen LogP contribution in [-0.2, 0) is 31.2 Å². The van der Waals surface area contributed by atoms with Gasteiger partial charge >= 0.3 is 83.5 Å². The molecule has 0 aliphatic carbocycles. The fourth-order valence-corrected chi connectivity index (χ4v) is 0. The molecule has 20 nitrogen and oxygen atoms in total. The van der Waals surface area contributed by atoms with Gasteiger partial charge in [0.25, 0.3) is 0 Å². The van der Waals surface area contributed by atoms with Gasteiger partial charge in [-0.05, 0) is 0 Å². The maximum Gasteiger partial charge on any atom is 3.00 e. The minimum atomic E-state index is -5.17. The first-order valence-electron chi connectivity index (χ1n) is 2.00. The Morgan fingerprint density at radius 3 is 0.320 bits per heavy atom. The maximum atomic E-state index is 8.52. The molecule has 0 atom stereocenters. The summed E-state index contributed by atoms with van der Waals surface area (Å²) in [6, 6.07) is 0. The fourth-order valence-electron chi connectivity index (χ4n) is 0. The molecule has 0 aromatic carbocycles. The van der Waals surface area contributed by atoms with Crippen molar-refractivity contribution in [3.63, 3.8) is 0 Å². The third-order valence-corrected chi connectivity index (χ3v) is 0. The molecule has 16 N–H and O–H groups in total. The molecule has 0 aliphatic rings. The van der Waals surface area contributed by atoms with Crippen LogP contribution in [0.2, 0.25) is 0 Å². The predicted octanol–water partition coefficient (Wildman–Crippen LogP) is -10.6. The van der Waals surface area contributed by atoms with Gasteiger partial charge < -0.3 is 71.1 Å². The van der Waals surface area contributed by atoms with Gasteiger partial charge in [-0.1, -0.05) is 0 Å². The van der Waals surface area contributed by atoms with E-state index in [2.05, 4.69) is 0 Å². The maximum absolute atomic E-state index is 8.52. The van der Waals surface area contributed by atoms with Crippen LogP contribution < -0.4 is 0 Å². The average molecular weight is 713 g/mol. The zero-order chi connectivity index (χ0) is 13.5. The molecule has 0 heterocycles. The van der Waals surface area contributed by atoms with Crippen LogP contribution in [0.15, 0.2) is 0 Å². The molecule has 0 amide bonds. The topological polar surface area (TPSA) is 493 Å². The molecule has 0 aromatic rings. The predicted molar refractivity (Wildman–Crippen MR) is 60.3 cm³/mol. The van der Waals surface area contributed by atoms with Crippen LogP contribution in [0.3, 0.4) is 0 Å². The Kier molecular flexibility index (Phi) is 151. The van der Waals surface area contributed by atoms with E-state index in [1.807, 2.05) is 0 Å².